The molecule has 1 aromatic rings. The Balaban J connectivity index is 0.000000584. The number of hydrogen-bond donors (Lipinski definition) is 1. The summed E-state index contributed by atoms with van der Waals surface area (Å²) < 4.78 is 0. The van der Waals surface area contributed by atoms with Crippen LogP contribution in [0.5, 0.6) is 0 Å². The van der Waals surface area contributed by atoms with Crippen molar-refractivity contribution in [2.75, 3.05) is 13.1 Å². The van der Waals surface area contributed by atoms with E-state index in [0.717, 1.165) is 13.0 Å². The number of piperidine rings is 1. The van der Waals surface area contributed by atoms with Crippen LogP contribution in [0.15, 0.2) is 30.3 Å². The van der Waals surface area contributed by atoms with Gasteiger partial charge in [0, 0.05) is 19.6 Å². The van der Waals surface area contributed by atoms with Gasteiger partial charge in [0.1, 0.15) is 0 Å². The lowest BCUT2D eigenvalue weighted by Gasteiger charge is -2.39. The van der Waals surface area contributed by atoms with Crippen molar-refractivity contribution in [2.24, 2.45) is 5.73 Å². The minimum absolute atomic E-state index is 0.460. The zero-order valence-corrected chi connectivity index (χ0v) is 14.8. The van der Waals surface area contributed by atoms with Crippen LogP contribution in [-0.2, 0) is 20.9 Å². The van der Waals surface area contributed by atoms with Crippen molar-refractivity contribution < 1.29 is 29.7 Å². The number of aliphatic carboxylic acids is 3. The van der Waals surface area contributed by atoms with Crippen LogP contribution >= 0.6 is 0 Å². The maximum Gasteiger partial charge on any atom is 0.0870 e. The average Bonchev–Trinajstić information content (AvgIpc) is 2.59. The number of carboxylic acids is 3. The van der Waals surface area contributed by atoms with Crippen LogP contribution < -0.4 is 21.1 Å². The number of nitrogens with zero attached hydrogens (tertiary/aromatic N) is 1. The molecule has 0 amide bonds. The first-order valence-electron chi connectivity index (χ1n) is 8.14. The molecular formula is C18H24N2O6-3. The van der Waals surface area contributed by atoms with E-state index < -0.39 is 23.4 Å². The van der Waals surface area contributed by atoms with E-state index >= 15 is 0 Å². The van der Waals surface area contributed by atoms with Gasteiger partial charge in [-0.05, 0) is 18.4 Å². The third-order valence-electron chi connectivity index (χ3n) is 3.57. The highest BCUT2D eigenvalue weighted by Crippen LogP contribution is 2.20. The first-order chi connectivity index (χ1) is 12.2. The van der Waals surface area contributed by atoms with Crippen LogP contribution in [-0.4, -0.2) is 41.4 Å². The molecule has 26 heavy (non-hydrogen) atoms. The van der Waals surface area contributed by atoms with Gasteiger partial charge >= 0.3 is 0 Å². The molecule has 1 saturated heterocycles. The summed E-state index contributed by atoms with van der Waals surface area (Å²) in [6.07, 6.45) is 1.92. The van der Waals surface area contributed by atoms with Gasteiger partial charge in [-0.25, -0.2) is 0 Å². The largest absolute Gasteiger partial charge is 0.548 e. The van der Waals surface area contributed by atoms with Gasteiger partial charge in [-0.3, -0.25) is 4.90 Å². The van der Waals surface area contributed by atoms with E-state index in [2.05, 4.69) is 24.0 Å². The zero-order chi connectivity index (χ0) is 20.2. The molecule has 8 nitrogen and oxygen atoms in total. The van der Waals surface area contributed by atoms with E-state index in [4.69, 9.17) is 25.5 Å². The maximum atomic E-state index is 10.9. The fourth-order valence-corrected chi connectivity index (χ4v) is 2.16. The monoisotopic (exact) mass is 364 g/mol. The molecular weight excluding hydrogens is 340 g/mol. The smallest absolute Gasteiger partial charge is 0.0870 e. The summed E-state index contributed by atoms with van der Waals surface area (Å²) in [6, 6.07) is 10.1. The molecule has 1 heterocycles. The number of carbonyl (C=O) groups excluding carboxylic acids is 3. The second kappa shape index (κ2) is 12.0. The average molecular weight is 364 g/mol. The van der Waals surface area contributed by atoms with E-state index in [9.17, 15) is 9.90 Å². The van der Waals surface area contributed by atoms with Crippen molar-refractivity contribution in [2.45, 2.75) is 38.3 Å². The summed E-state index contributed by atoms with van der Waals surface area (Å²) in [5.41, 5.74) is 5.88. The Labute approximate surface area is 153 Å². The first-order valence-corrected chi connectivity index (χ1v) is 8.14. The van der Waals surface area contributed by atoms with E-state index in [1.54, 1.807) is 0 Å². The molecule has 0 atom stereocenters. The molecule has 1 aliphatic rings. The summed E-state index contributed by atoms with van der Waals surface area (Å²) in [7, 11) is 0. The Bertz CT molecular complexity index is 556. The third kappa shape index (κ3) is 9.14. The first kappa shape index (κ1) is 23.5. The summed E-state index contributed by atoms with van der Waals surface area (Å²) in [5, 5.41) is 28.7. The van der Waals surface area contributed by atoms with Gasteiger partial charge in [0.2, 0.25) is 0 Å². The molecule has 8 heteroatoms. The normalized spacial score (nSPS) is 15.5. The van der Waals surface area contributed by atoms with Gasteiger partial charge in [-0.1, -0.05) is 50.6 Å². The summed E-state index contributed by atoms with van der Waals surface area (Å²) in [5.74, 6) is -5.50. The molecule has 1 aromatic carbocycles. The van der Waals surface area contributed by atoms with Crippen molar-refractivity contribution in [3.8, 4) is 0 Å². The Morgan fingerprint density at radius 2 is 1.50 bits per heavy atom. The lowest BCUT2D eigenvalue weighted by Crippen LogP contribution is -2.60. The topological polar surface area (TPSA) is 150 Å². The second-order valence-corrected chi connectivity index (χ2v) is 5.78. The number of likely N-dealkylation sites (tertiary alicyclic amines) is 1. The molecule has 1 radical (unpaired) electrons. The predicted molar refractivity (Wildman–Crippen MR) is 88.5 cm³/mol. The van der Waals surface area contributed by atoms with Gasteiger partial charge in [0.25, 0.3) is 0 Å². The Morgan fingerprint density at radius 1 is 1.08 bits per heavy atom. The molecule has 0 bridgehead atoms. The van der Waals surface area contributed by atoms with Gasteiger partial charge < -0.3 is 35.4 Å². The van der Waals surface area contributed by atoms with Crippen LogP contribution in [0.25, 0.3) is 0 Å². The minimum atomic E-state index is -2.19. The van der Waals surface area contributed by atoms with Gasteiger partial charge in [-0.2, -0.15) is 0 Å². The summed E-state index contributed by atoms with van der Waals surface area (Å²) in [4.78, 5) is 31.0. The number of hydrogen-bond acceptors (Lipinski definition) is 8. The molecule has 2 N–H and O–H groups in total. The van der Waals surface area contributed by atoms with Crippen molar-refractivity contribution >= 4 is 17.9 Å². The van der Waals surface area contributed by atoms with Crippen molar-refractivity contribution in [1.82, 2.24) is 4.90 Å². The number of rotatable bonds is 3. The predicted octanol–water partition coefficient (Wildman–Crippen LogP) is -2.55. The van der Waals surface area contributed by atoms with Gasteiger partial charge in [-0.15, -0.1) is 0 Å². The summed E-state index contributed by atoms with van der Waals surface area (Å²) in [6.45, 7) is 7.77. The van der Waals surface area contributed by atoms with Crippen molar-refractivity contribution in [1.29, 1.82) is 0 Å². The molecule has 1 fully saturated rings. The highest BCUT2D eigenvalue weighted by Gasteiger charge is 2.31. The molecule has 145 valence electrons. The van der Waals surface area contributed by atoms with E-state index in [1.807, 2.05) is 25.1 Å². The Morgan fingerprint density at radius 3 is 1.85 bits per heavy atom. The molecule has 0 unspecified atom stereocenters. The number of benzene rings is 1. The van der Waals surface area contributed by atoms with Crippen molar-refractivity contribution in [3.05, 3.63) is 42.8 Å². The zero-order valence-electron chi connectivity index (χ0n) is 14.8. The van der Waals surface area contributed by atoms with Crippen LogP contribution in [0.4, 0.5) is 0 Å². The van der Waals surface area contributed by atoms with Gasteiger partial charge in [0.05, 0.1) is 23.4 Å². The lowest BCUT2D eigenvalue weighted by atomic mass is 9.88. The lowest BCUT2D eigenvalue weighted by molar-refractivity contribution is -0.345. The van der Waals surface area contributed by atoms with E-state index in [0.29, 0.717) is 25.9 Å². The van der Waals surface area contributed by atoms with Crippen LogP contribution in [0.2, 0.25) is 0 Å². The highest BCUT2D eigenvalue weighted by molar-refractivity contribution is 6.25. The SMILES string of the molecule is NC1(C(=O)[O-])CCN(Cc2ccccc2)CC1.O=C([O-])C(=O)[O-].[CH2]CC. The Hall–Kier alpha value is -2.45. The number of carbonyl (C=O) groups is 3. The van der Waals surface area contributed by atoms with Crippen molar-refractivity contribution in [3.63, 3.8) is 0 Å². The standard InChI is InChI=1S/C13H18N2O2.C3H7.C2H2O4/c14-13(12(16)17)6-8-15(9-7-13)10-11-4-2-1-3-5-11;1-3-2;3-1(4)2(5)6/h1-5H,6-10,14H2,(H,16,17);1,3H2,2H3;(H,3,4)(H,5,6)/p-3. The molecule has 0 saturated carbocycles. The molecule has 0 aromatic heterocycles. The van der Waals surface area contributed by atoms with Crippen LogP contribution in [0.3, 0.4) is 0 Å². The number of nitrogens with two attached hydrogens (primary N) is 1. The maximum absolute atomic E-state index is 10.9. The number of carboxylic acid groups (broad SMARTS) is 3. The van der Waals surface area contributed by atoms with E-state index in [1.165, 1.54) is 5.56 Å². The summed E-state index contributed by atoms with van der Waals surface area (Å²) >= 11 is 0. The molecule has 1 aliphatic heterocycles. The fourth-order valence-electron chi connectivity index (χ4n) is 2.16. The quantitative estimate of drug-likeness (QED) is 0.576. The molecule has 0 aliphatic carbocycles. The third-order valence-corrected chi connectivity index (χ3v) is 3.57. The minimum Gasteiger partial charge on any atom is -0.548 e. The molecule has 0 spiro atoms. The fraction of sp³-hybridized carbons (Fsp3) is 0.444. The Kier molecular flexibility index (Phi) is 10.9. The molecule has 2 rings (SSSR count). The van der Waals surface area contributed by atoms with Gasteiger partial charge in [0.15, 0.2) is 0 Å². The highest BCUT2D eigenvalue weighted by atomic mass is 16.4. The van der Waals surface area contributed by atoms with Crippen LogP contribution in [0, 0.1) is 6.92 Å². The van der Waals surface area contributed by atoms with E-state index in [-0.39, 0.29) is 0 Å². The second-order valence-electron chi connectivity index (χ2n) is 5.78. The van der Waals surface area contributed by atoms with Crippen LogP contribution in [0.1, 0.15) is 31.7 Å².